The molecule has 0 saturated heterocycles. The molecule has 0 bridgehead atoms. The molecule has 2 rings (SSSR count). The summed E-state index contributed by atoms with van der Waals surface area (Å²) in [4.78, 5) is 11.9. The number of carbonyl (C=O) groups excluding carboxylic acids is 1. The molecule has 0 atom stereocenters. The van der Waals surface area contributed by atoms with Crippen molar-refractivity contribution in [2.24, 2.45) is 7.05 Å². The van der Waals surface area contributed by atoms with Crippen LogP contribution in [0.3, 0.4) is 0 Å². The van der Waals surface area contributed by atoms with Crippen molar-refractivity contribution >= 4 is 11.6 Å². The van der Waals surface area contributed by atoms with Crippen LogP contribution in [0.4, 0.5) is 5.69 Å². The number of amides is 1. The summed E-state index contributed by atoms with van der Waals surface area (Å²) in [6, 6.07) is 9.60. The van der Waals surface area contributed by atoms with Gasteiger partial charge >= 0.3 is 0 Å². The molecule has 0 fully saturated rings. The normalized spacial score (nSPS) is 10.7. The van der Waals surface area contributed by atoms with E-state index in [1.54, 1.807) is 24.0 Å². The third-order valence-electron chi connectivity index (χ3n) is 2.89. The van der Waals surface area contributed by atoms with Gasteiger partial charge in [0.05, 0.1) is 0 Å². The summed E-state index contributed by atoms with van der Waals surface area (Å²) in [6.07, 6.45) is 1.61. The molecule has 94 valence electrons. The summed E-state index contributed by atoms with van der Waals surface area (Å²) in [6.45, 7) is 4.28. The zero-order chi connectivity index (χ0) is 13.1. The molecule has 0 aliphatic heterocycles. The van der Waals surface area contributed by atoms with Gasteiger partial charge in [0.15, 0.2) is 0 Å². The SMILES string of the molecule is CC(C)c1ccc(NC(=O)c2ccnn2C)cc1. The molecule has 2 aromatic rings. The highest BCUT2D eigenvalue weighted by Gasteiger charge is 2.09. The van der Waals surface area contributed by atoms with E-state index in [1.807, 2.05) is 24.3 Å². The van der Waals surface area contributed by atoms with Crippen molar-refractivity contribution in [3.8, 4) is 0 Å². The van der Waals surface area contributed by atoms with E-state index in [0.717, 1.165) is 5.69 Å². The first-order valence-electron chi connectivity index (χ1n) is 5.97. The smallest absolute Gasteiger partial charge is 0.273 e. The second-order valence-corrected chi connectivity index (χ2v) is 4.57. The van der Waals surface area contributed by atoms with E-state index in [4.69, 9.17) is 0 Å². The fourth-order valence-electron chi connectivity index (χ4n) is 1.74. The fraction of sp³-hybridized carbons (Fsp3) is 0.286. The number of rotatable bonds is 3. The lowest BCUT2D eigenvalue weighted by atomic mass is 10.0. The summed E-state index contributed by atoms with van der Waals surface area (Å²) in [5.41, 5.74) is 2.60. The van der Waals surface area contributed by atoms with E-state index in [0.29, 0.717) is 11.6 Å². The van der Waals surface area contributed by atoms with E-state index in [-0.39, 0.29) is 5.91 Å². The van der Waals surface area contributed by atoms with Gasteiger partial charge in [-0.05, 0) is 29.7 Å². The minimum Gasteiger partial charge on any atom is -0.321 e. The van der Waals surface area contributed by atoms with Crippen molar-refractivity contribution in [2.75, 3.05) is 5.32 Å². The molecule has 1 aromatic heterocycles. The van der Waals surface area contributed by atoms with Gasteiger partial charge in [-0.25, -0.2) is 0 Å². The number of aryl methyl sites for hydroxylation is 1. The van der Waals surface area contributed by atoms with Crippen LogP contribution < -0.4 is 5.32 Å². The Morgan fingerprint density at radius 2 is 1.89 bits per heavy atom. The number of hydrogen-bond acceptors (Lipinski definition) is 2. The van der Waals surface area contributed by atoms with Crippen molar-refractivity contribution in [3.63, 3.8) is 0 Å². The predicted octanol–water partition coefficient (Wildman–Crippen LogP) is 2.80. The summed E-state index contributed by atoms with van der Waals surface area (Å²) in [5, 5.41) is 6.82. The highest BCUT2D eigenvalue weighted by molar-refractivity contribution is 6.02. The molecule has 4 heteroatoms. The van der Waals surface area contributed by atoms with Gasteiger partial charge in [-0.15, -0.1) is 0 Å². The maximum atomic E-state index is 11.9. The summed E-state index contributed by atoms with van der Waals surface area (Å²) >= 11 is 0. The average molecular weight is 243 g/mol. The maximum absolute atomic E-state index is 11.9. The Labute approximate surface area is 107 Å². The molecule has 4 nitrogen and oxygen atoms in total. The first-order chi connectivity index (χ1) is 8.58. The lowest BCUT2D eigenvalue weighted by molar-refractivity contribution is 0.101. The summed E-state index contributed by atoms with van der Waals surface area (Å²) in [5.74, 6) is 0.346. The monoisotopic (exact) mass is 243 g/mol. The second kappa shape index (κ2) is 5.04. The molecule has 0 saturated carbocycles. The van der Waals surface area contributed by atoms with Crippen molar-refractivity contribution < 1.29 is 4.79 Å². The Morgan fingerprint density at radius 1 is 1.22 bits per heavy atom. The van der Waals surface area contributed by atoms with Crippen LogP contribution in [0.25, 0.3) is 0 Å². The molecule has 18 heavy (non-hydrogen) atoms. The predicted molar refractivity (Wildman–Crippen MR) is 71.7 cm³/mol. The van der Waals surface area contributed by atoms with Crippen LogP contribution in [0.1, 0.15) is 35.8 Å². The molecule has 0 aliphatic rings. The van der Waals surface area contributed by atoms with E-state index in [1.165, 1.54) is 5.56 Å². The van der Waals surface area contributed by atoms with Crippen molar-refractivity contribution in [1.29, 1.82) is 0 Å². The van der Waals surface area contributed by atoms with Crippen LogP contribution >= 0.6 is 0 Å². The van der Waals surface area contributed by atoms with Crippen LogP contribution in [-0.4, -0.2) is 15.7 Å². The highest BCUT2D eigenvalue weighted by atomic mass is 16.2. The van der Waals surface area contributed by atoms with E-state index in [2.05, 4.69) is 24.3 Å². The van der Waals surface area contributed by atoms with Crippen molar-refractivity contribution in [3.05, 3.63) is 47.8 Å². The Morgan fingerprint density at radius 3 is 2.39 bits per heavy atom. The first kappa shape index (κ1) is 12.4. The minimum absolute atomic E-state index is 0.146. The number of aromatic nitrogens is 2. The molecular weight excluding hydrogens is 226 g/mol. The van der Waals surface area contributed by atoms with Crippen molar-refractivity contribution in [2.45, 2.75) is 19.8 Å². The summed E-state index contributed by atoms with van der Waals surface area (Å²) < 4.78 is 1.55. The van der Waals surface area contributed by atoms with Gasteiger partial charge in [0, 0.05) is 18.9 Å². The van der Waals surface area contributed by atoms with E-state index >= 15 is 0 Å². The van der Waals surface area contributed by atoms with Crippen LogP contribution in [0.5, 0.6) is 0 Å². The number of carbonyl (C=O) groups is 1. The van der Waals surface area contributed by atoms with Crippen LogP contribution in [0.2, 0.25) is 0 Å². The lowest BCUT2D eigenvalue weighted by Gasteiger charge is -2.08. The standard InChI is InChI=1S/C14H17N3O/c1-10(2)11-4-6-12(7-5-11)16-14(18)13-8-9-15-17(13)3/h4-10H,1-3H3,(H,16,18). The van der Waals surface area contributed by atoms with Gasteiger partial charge in [-0.1, -0.05) is 26.0 Å². The van der Waals surface area contributed by atoms with E-state index in [9.17, 15) is 4.79 Å². The zero-order valence-corrected chi connectivity index (χ0v) is 10.8. The molecule has 1 N–H and O–H groups in total. The number of nitrogens with zero attached hydrogens (tertiary/aromatic N) is 2. The maximum Gasteiger partial charge on any atom is 0.273 e. The molecule has 1 aromatic carbocycles. The quantitative estimate of drug-likeness (QED) is 0.901. The first-order valence-corrected chi connectivity index (χ1v) is 5.97. The topological polar surface area (TPSA) is 46.9 Å². The minimum atomic E-state index is -0.146. The fourth-order valence-corrected chi connectivity index (χ4v) is 1.74. The van der Waals surface area contributed by atoms with Gasteiger partial charge in [0.2, 0.25) is 0 Å². The Hall–Kier alpha value is -2.10. The van der Waals surface area contributed by atoms with Crippen LogP contribution in [0.15, 0.2) is 36.5 Å². The van der Waals surface area contributed by atoms with Gasteiger partial charge in [-0.3, -0.25) is 9.48 Å². The molecule has 0 radical (unpaired) electrons. The second-order valence-electron chi connectivity index (χ2n) is 4.57. The Kier molecular flexibility index (Phi) is 3.46. The Bertz CT molecular complexity index is 540. The van der Waals surface area contributed by atoms with Crippen molar-refractivity contribution in [1.82, 2.24) is 9.78 Å². The van der Waals surface area contributed by atoms with E-state index < -0.39 is 0 Å². The van der Waals surface area contributed by atoms with Crippen LogP contribution in [-0.2, 0) is 7.05 Å². The average Bonchev–Trinajstić information content (AvgIpc) is 2.76. The molecule has 0 unspecified atom stereocenters. The molecule has 1 amide bonds. The zero-order valence-electron chi connectivity index (χ0n) is 10.8. The van der Waals surface area contributed by atoms with Gasteiger partial charge in [-0.2, -0.15) is 5.10 Å². The van der Waals surface area contributed by atoms with Gasteiger partial charge < -0.3 is 5.32 Å². The Balaban J connectivity index is 2.10. The van der Waals surface area contributed by atoms with Gasteiger partial charge in [0.25, 0.3) is 5.91 Å². The summed E-state index contributed by atoms with van der Waals surface area (Å²) in [7, 11) is 1.75. The highest BCUT2D eigenvalue weighted by Crippen LogP contribution is 2.17. The molecule has 1 heterocycles. The molecular formula is C14H17N3O. The number of hydrogen-bond donors (Lipinski definition) is 1. The number of nitrogens with one attached hydrogen (secondary N) is 1. The number of anilines is 1. The molecule has 0 aliphatic carbocycles. The van der Waals surface area contributed by atoms with Gasteiger partial charge in [0.1, 0.15) is 5.69 Å². The largest absolute Gasteiger partial charge is 0.321 e. The molecule has 0 spiro atoms. The third-order valence-corrected chi connectivity index (χ3v) is 2.89. The van der Waals surface area contributed by atoms with Crippen LogP contribution in [0, 0.1) is 0 Å². The number of benzene rings is 1. The lowest BCUT2D eigenvalue weighted by Crippen LogP contribution is -2.16. The third kappa shape index (κ3) is 2.59.